The summed E-state index contributed by atoms with van der Waals surface area (Å²) in [7, 11) is 0. The molecule has 3 atom stereocenters. The quantitative estimate of drug-likeness (QED) is 0.0429. The fourth-order valence-electron chi connectivity index (χ4n) is 3.42. The van der Waals surface area contributed by atoms with E-state index in [1.807, 2.05) is 0 Å². The Bertz CT molecular complexity index is 1500. The van der Waals surface area contributed by atoms with Gasteiger partial charge in [-0.3, -0.25) is 6.42 Å². The van der Waals surface area contributed by atoms with Crippen LogP contribution in [0.15, 0.2) is 36.4 Å². The number of phenolic OH excluding ortho intramolecular Hbond substituents is 9. The number of benzene rings is 3. The Morgan fingerprint density at radius 2 is 0.933 bits per heavy atom. The van der Waals surface area contributed by atoms with Crippen molar-refractivity contribution in [3.05, 3.63) is 66.1 Å². The molecule has 0 aliphatic carbocycles. The molecule has 0 amide bonds. The number of esters is 3. The van der Waals surface area contributed by atoms with Crippen LogP contribution >= 0.6 is 0 Å². The largest absolute Gasteiger partial charge is 2.00 e. The Kier molecular flexibility index (Phi) is 11.9. The molecule has 0 fully saturated rings. The predicted octanol–water partition coefficient (Wildman–Crippen LogP) is 0.362. The first-order chi connectivity index (χ1) is 20.6. The van der Waals surface area contributed by atoms with Crippen LogP contribution in [-0.4, -0.2) is 99.0 Å². The predicted molar refractivity (Wildman–Crippen MR) is 140 cm³/mol. The first kappa shape index (κ1) is 35.9. The molecule has 3 aromatic rings. The molecule has 45 heavy (non-hydrogen) atoms. The minimum absolute atomic E-state index is 0. The molecule has 11 N–H and O–H groups in total. The van der Waals surface area contributed by atoms with Gasteiger partial charge < -0.3 is 70.4 Å². The van der Waals surface area contributed by atoms with Crippen molar-refractivity contribution in [2.24, 2.45) is 0 Å². The van der Waals surface area contributed by atoms with Crippen molar-refractivity contribution in [1.29, 1.82) is 0 Å². The van der Waals surface area contributed by atoms with Crippen molar-refractivity contribution in [3.8, 4) is 51.7 Å². The van der Waals surface area contributed by atoms with Gasteiger partial charge in [-0.15, -0.1) is 6.61 Å². The molecule has 0 bridgehead atoms. The number of carbonyl (C=O) groups excluding carboxylic acids is 3. The van der Waals surface area contributed by atoms with Crippen LogP contribution in [0.25, 0.3) is 0 Å². The Labute approximate surface area is 261 Å². The number of carbonyl (C=O) groups is 3. The van der Waals surface area contributed by atoms with E-state index in [1.54, 1.807) is 0 Å². The van der Waals surface area contributed by atoms with Gasteiger partial charge in [0, 0.05) is 6.10 Å². The van der Waals surface area contributed by atoms with Gasteiger partial charge in [0.2, 0.25) is 0 Å². The minimum Gasteiger partial charge on any atom is -0.631 e. The van der Waals surface area contributed by atoms with Gasteiger partial charge in [-0.25, -0.2) is 14.4 Å². The molecule has 3 aromatic carbocycles. The summed E-state index contributed by atoms with van der Waals surface area (Å²) in [6, 6.07) is 4.30. The minimum atomic E-state index is -2.16. The maximum Gasteiger partial charge on any atom is 2.00 e. The Balaban J connectivity index is 0.00000705. The smallest absolute Gasteiger partial charge is 0.631 e. The van der Waals surface area contributed by atoms with Gasteiger partial charge in [-0.1, -0.05) is 0 Å². The molecule has 0 aromatic heterocycles. The number of phenols is 9. The summed E-state index contributed by atoms with van der Waals surface area (Å²) in [5.74, 6) is -12.0. The fourth-order valence-corrected chi connectivity index (χ4v) is 3.42. The van der Waals surface area contributed by atoms with Gasteiger partial charge in [0.25, 0.3) is 0 Å². The molecule has 0 heterocycles. The summed E-state index contributed by atoms with van der Waals surface area (Å²) < 4.78 is 14.7. The SMILES string of the molecule is O=C(O[CH-][C@H](O)[C@@H](OC(=O)c1cc(O)c(O)c(O)c1)[C@H](O)[CH-]COC(=O)c1cc(O)c(O)c(O)c1)c1cc(O)c(O)c(O)c1.[Ni+2]. The van der Waals surface area contributed by atoms with Crippen molar-refractivity contribution < 1.29 is 101 Å². The monoisotopic (exact) mass is 678 g/mol. The molecular weight excluding hydrogens is 655 g/mol. The van der Waals surface area contributed by atoms with E-state index in [9.17, 15) is 70.6 Å². The molecule has 3 rings (SSSR count). The van der Waals surface area contributed by atoms with Gasteiger partial charge in [-0.05, 0) is 49.1 Å². The molecular formula is C27H24NiO17. The fraction of sp³-hybridized carbons (Fsp3) is 0.148. The Morgan fingerprint density at radius 3 is 1.33 bits per heavy atom. The standard InChI is InChI=1S/C27H24O17.Ni/c28-13(1-2-42-25(39)10-3-14(29)21(36)15(30)4-10)24(44-27(41)12-7-18(33)23(38)19(34)8-12)20(35)9-43-26(40)11-5-16(31)22(37)17(32)6-11;/h1,3-9,13,20,24,28-38H,2H2;/q-2;+2/t13-,20+,24+;/m1./s1. The van der Waals surface area contributed by atoms with Gasteiger partial charge >= 0.3 is 34.4 Å². The molecule has 0 radical (unpaired) electrons. The van der Waals surface area contributed by atoms with Crippen LogP contribution in [0.1, 0.15) is 31.1 Å². The van der Waals surface area contributed by atoms with Crippen molar-refractivity contribution in [3.63, 3.8) is 0 Å². The molecule has 0 unspecified atom stereocenters. The third-order valence-electron chi connectivity index (χ3n) is 5.70. The maximum absolute atomic E-state index is 12.7. The van der Waals surface area contributed by atoms with E-state index in [0.717, 1.165) is 18.6 Å². The second-order valence-corrected chi connectivity index (χ2v) is 8.82. The molecule has 17 nitrogen and oxygen atoms in total. The normalized spacial score (nSPS) is 12.7. The van der Waals surface area contributed by atoms with E-state index in [1.165, 1.54) is 0 Å². The second-order valence-electron chi connectivity index (χ2n) is 8.82. The van der Waals surface area contributed by atoms with E-state index in [0.29, 0.717) is 30.9 Å². The first-order valence-corrected chi connectivity index (χ1v) is 12.0. The topological polar surface area (TPSA) is 301 Å². The molecule has 0 aliphatic heterocycles. The van der Waals surface area contributed by atoms with Gasteiger partial charge in [0.1, 0.15) is 6.10 Å². The summed E-state index contributed by atoms with van der Waals surface area (Å²) in [4.78, 5) is 37.2. The van der Waals surface area contributed by atoms with Crippen molar-refractivity contribution in [2.75, 3.05) is 6.61 Å². The van der Waals surface area contributed by atoms with Crippen LogP contribution in [0, 0.1) is 13.0 Å². The Morgan fingerprint density at radius 1 is 0.578 bits per heavy atom. The zero-order valence-corrected chi connectivity index (χ0v) is 23.2. The van der Waals surface area contributed by atoms with Crippen LogP contribution in [-0.2, 0) is 30.7 Å². The summed E-state index contributed by atoms with van der Waals surface area (Å²) in [5.41, 5.74) is -1.50. The molecule has 0 saturated carbocycles. The Hall–Kier alpha value is -5.32. The summed E-state index contributed by atoms with van der Waals surface area (Å²) in [6.45, 7) is -0.381. The zero-order valence-electron chi connectivity index (χ0n) is 22.2. The van der Waals surface area contributed by atoms with E-state index >= 15 is 0 Å². The van der Waals surface area contributed by atoms with Crippen molar-refractivity contribution in [2.45, 2.75) is 18.3 Å². The van der Waals surface area contributed by atoms with E-state index in [4.69, 9.17) is 14.2 Å². The second kappa shape index (κ2) is 14.9. The molecule has 0 saturated heterocycles. The van der Waals surface area contributed by atoms with Crippen molar-refractivity contribution in [1.82, 2.24) is 0 Å². The molecule has 0 spiro atoms. The van der Waals surface area contributed by atoms with Gasteiger partial charge in [0.05, 0.1) is 16.7 Å². The van der Waals surface area contributed by atoms with Gasteiger partial charge in [-0.2, -0.15) is 0 Å². The van der Waals surface area contributed by atoms with Gasteiger partial charge in [0.15, 0.2) is 51.7 Å². The number of aromatic hydroxyl groups is 9. The van der Waals surface area contributed by atoms with Crippen LogP contribution in [0.5, 0.6) is 51.7 Å². The third-order valence-corrected chi connectivity index (χ3v) is 5.70. The number of ether oxygens (including phenoxy) is 3. The van der Waals surface area contributed by atoms with Crippen molar-refractivity contribution >= 4 is 17.9 Å². The first-order valence-electron chi connectivity index (χ1n) is 12.0. The summed E-state index contributed by atoms with van der Waals surface area (Å²) >= 11 is 0. The van der Waals surface area contributed by atoms with Crippen LogP contribution in [0.2, 0.25) is 0 Å². The molecule has 18 heteroatoms. The van der Waals surface area contributed by atoms with Crippen LogP contribution < -0.4 is 0 Å². The molecule has 244 valence electrons. The maximum atomic E-state index is 12.7. The van der Waals surface area contributed by atoms with Crippen LogP contribution in [0.4, 0.5) is 0 Å². The number of rotatable bonds is 11. The van der Waals surface area contributed by atoms with E-state index in [2.05, 4.69) is 0 Å². The number of aliphatic hydroxyl groups is 2. The average molecular weight is 679 g/mol. The van der Waals surface area contributed by atoms with E-state index in [-0.39, 0.29) is 16.5 Å². The number of aliphatic hydroxyl groups excluding tert-OH is 2. The summed E-state index contributed by atoms with van der Waals surface area (Å²) in [5, 5.41) is 107. The molecule has 0 aliphatic rings. The van der Waals surface area contributed by atoms with Crippen LogP contribution in [0.3, 0.4) is 0 Å². The zero-order chi connectivity index (χ0) is 32.9. The third kappa shape index (κ3) is 8.63. The van der Waals surface area contributed by atoms with E-state index < -0.39 is 111 Å². The average Bonchev–Trinajstić information content (AvgIpc) is 2.97. The number of hydrogen-bond acceptors (Lipinski definition) is 17. The summed E-state index contributed by atoms with van der Waals surface area (Å²) in [6.07, 6.45) is -5.44. The number of hydrogen-bond donors (Lipinski definition) is 11.